The summed E-state index contributed by atoms with van der Waals surface area (Å²) < 4.78 is 5.27. The zero-order chi connectivity index (χ0) is 23.3. The van der Waals surface area contributed by atoms with E-state index >= 15 is 0 Å². The van der Waals surface area contributed by atoms with E-state index in [1.807, 2.05) is 30.9 Å². The van der Waals surface area contributed by atoms with Crippen LogP contribution in [0.1, 0.15) is 68.1 Å². The van der Waals surface area contributed by atoms with Crippen LogP contribution >= 0.6 is 0 Å². The molecule has 0 N–H and O–H groups in total. The Morgan fingerprint density at radius 3 is 2.19 bits per heavy atom. The smallest absolute Gasteiger partial charge is 0.360 e. The molecule has 1 saturated heterocycles. The van der Waals surface area contributed by atoms with E-state index in [1.54, 1.807) is 6.92 Å². The van der Waals surface area contributed by atoms with Gasteiger partial charge in [0.05, 0.1) is 17.6 Å². The number of piperazine rings is 1. The highest BCUT2D eigenvalue weighted by atomic mass is 16.5. The van der Waals surface area contributed by atoms with Crippen LogP contribution in [0.5, 0.6) is 0 Å². The van der Waals surface area contributed by atoms with Gasteiger partial charge in [-0.05, 0) is 56.9 Å². The number of hydrogen-bond acceptors (Lipinski definition) is 6. The lowest BCUT2D eigenvalue weighted by Gasteiger charge is -2.37. The summed E-state index contributed by atoms with van der Waals surface area (Å²) in [6.45, 7) is 12.9. The highest BCUT2D eigenvalue weighted by Crippen LogP contribution is 2.26. The van der Waals surface area contributed by atoms with E-state index in [0.29, 0.717) is 37.5 Å². The third-order valence-corrected chi connectivity index (χ3v) is 6.37. The molecule has 1 aromatic heterocycles. The maximum atomic E-state index is 13.0. The second kappa shape index (κ2) is 10.7. The number of esters is 1. The Hall–Kier alpha value is -2.70. The fraction of sp³-hybridized carbons (Fsp3) is 0.600. The van der Waals surface area contributed by atoms with Crippen molar-refractivity contribution >= 4 is 28.7 Å². The van der Waals surface area contributed by atoms with E-state index in [9.17, 15) is 9.59 Å². The summed E-state index contributed by atoms with van der Waals surface area (Å²) in [5, 5.41) is 0. The van der Waals surface area contributed by atoms with Gasteiger partial charge in [0.25, 0.3) is 0 Å². The van der Waals surface area contributed by atoms with Gasteiger partial charge in [0.15, 0.2) is 11.5 Å². The lowest BCUT2D eigenvalue weighted by atomic mass is 9.97. The SMILES string of the molecule is CCCC[C@@H](CC)C(=O)N1CCN(c2nc3cc(C)c(C)cc3nc2C(=O)OCC)CC1. The number of fused-ring (bicyclic) bond motifs is 1. The van der Waals surface area contributed by atoms with Gasteiger partial charge in [-0.25, -0.2) is 14.8 Å². The quantitative estimate of drug-likeness (QED) is 0.570. The number of ether oxygens (including phenoxy) is 1. The van der Waals surface area contributed by atoms with Gasteiger partial charge in [-0.1, -0.05) is 26.7 Å². The zero-order valence-electron chi connectivity index (χ0n) is 20.1. The number of aromatic nitrogens is 2. The number of rotatable bonds is 8. The van der Waals surface area contributed by atoms with Crippen molar-refractivity contribution in [2.24, 2.45) is 5.92 Å². The number of carbonyl (C=O) groups excluding carboxylic acids is 2. The first-order valence-electron chi connectivity index (χ1n) is 11.9. The van der Waals surface area contributed by atoms with Gasteiger partial charge in [0.2, 0.25) is 5.91 Å². The summed E-state index contributed by atoms with van der Waals surface area (Å²) in [5.41, 5.74) is 3.94. The number of benzene rings is 1. The molecule has 2 heterocycles. The Morgan fingerprint density at radius 1 is 1.00 bits per heavy atom. The lowest BCUT2D eigenvalue weighted by Crippen LogP contribution is -2.51. The topological polar surface area (TPSA) is 75.6 Å². The van der Waals surface area contributed by atoms with Crippen molar-refractivity contribution in [1.82, 2.24) is 14.9 Å². The summed E-state index contributed by atoms with van der Waals surface area (Å²) in [7, 11) is 0. The number of anilines is 1. The molecular weight excluding hydrogens is 404 g/mol. The van der Waals surface area contributed by atoms with Gasteiger partial charge in [-0.15, -0.1) is 0 Å². The fourth-order valence-corrected chi connectivity index (χ4v) is 4.21. The van der Waals surface area contributed by atoms with Gasteiger partial charge in [-0.3, -0.25) is 4.79 Å². The molecule has 3 rings (SSSR count). The van der Waals surface area contributed by atoms with Crippen LogP contribution in [0.25, 0.3) is 11.0 Å². The fourth-order valence-electron chi connectivity index (χ4n) is 4.21. The number of carbonyl (C=O) groups is 2. The molecule has 32 heavy (non-hydrogen) atoms. The van der Waals surface area contributed by atoms with Gasteiger partial charge < -0.3 is 14.5 Å². The number of hydrogen-bond donors (Lipinski definition) is 0. The van der Waals surface area contributed by atoms with Crippen molar-refractivity contribution < 1.29 is 14.3 Å². The molecule has 0 radical (unpaired) electrons. The maximum Gasteiger partial charge on any atom is 0.360 e. The number of aryl methyl sites for hydroxylation is 2. The maximum absolute atomic E-state index is 13.0. The molecule has 2 aromatic rings. The van der Waals surface area contributed by atoms with E-state index < -0.39 is 5.97 Å². The predicted octanol–water partition coefficient (Wildman–Crippen LogP) is 4.29. The first kappa shape index (κ1) is 24.0. The van der Waals surface area contributed by atoms with Gasteiger partial charge in [0.1, 0.15) is 0 Å². The van der Waals surface area contributed by atoms with E-state index in [-0.39, 0.29) is 24.1 Å². The Morgan fingerprint density at radius 2 is 1.62 bits per heavy atom. The number of amides is 1. The Balaban J connectivity index is 1.84. The first-order chi connectivity index (χ1) is 15.4. The average Bonchev–Trinajstić information content (AvgIpc) is 2.79. The molecular formula is C25H36N4O3. The molecule has 1 aliphatic heterocycles. The highest BCUT2D eigenvalue weighted by Gasteiger charge is 2.29. The predicted molar refractivity (Wildman–Crippen MR) is 127 cm³/mol. The molecule has 1 atom stereocenters. The average molecular weight is 441 g/mol. The summed E-state index contributed by atoms with van der Waals surface area (Å²) in [4.78, 5) is 39.2. The normalized spacial score (nSPS) is 15.2. The van der Waals surface area contributed by atoms with E-state index in [1.165, 1.54) is 0 Å². The monoisotopic (exact) mass is 440 g/mol. The van der Waals surface area contributed by atoms with Gasteiger partial charge in [0, 0.05) is 32.1 Å². The van der Waals surface area contributed by atoms with E-state index in [2.05, 4.69) is 23.7 Å². The zero-order valence-corrected chi connectivity index (χ0v) is 20.1. The van der Waals surface area contributed by atoms with Crippen LogP contribution in [0.3, 0.4) is 0 Å². The highest BCUT2D eigenvalue weighted by molar-refractivity contribution is 5.95. The molecule has 174 valence electrons. The van der Waals surface area contributed by atoms with Crippen LogP contribution < -0.4 is 4.90 Å². The molecule has 7 heteroatoms. The first-order valence-corrected chi connectivity index (χ1v) is 11.9. The molecule has 1 fully saturated rings. The minimum Gasteiger partial charge on any atom is -0.461 e. The Kier molecular flexibility index (Phi) is 8.04. The second-order valence-electron chi connectivity index (χ2n) is 8.60. The minimum absolute atomic E-state index is 0.100. The number of nitrogens with zero attached hydrogens (tertiary/aromatic N) is 4. The largest absolute Gasteiger partial charge is 0.461 e. The van der Waals surface area contributed by atoms with Crippen LogP contribution in [0, 0.1) is 19.8 Å². The van der Waals surface area contributed by atoms with Crippen molar-refractivity contribution in [3.63, 3.8) is 0 Å². The summed E-state index contributed by atoms with van der Waals surface area (Å²) in [6, 6.07) is 3.97. The van der Waals surface area contributed by atoms with Crippen LogP contribution in [0.15, 0.2) is 12.1 Å². The van der Waals surface area contributed by atoms with Crippen LogP contribution in [0.2, 0.25) is 0 Å². The van der Waals surface area contributed by atoms with Crippen LogP contribution in [-0.4, -0.2) is 59.5 Å². The molecule has 0 aliphatic carbocycles. The summed E-state index contributed by atoms with van der Waals surface area (Å²) in [6.07, 6.45) is 4.02. The molecule has 1 amide bonds. The molecule has 1 aliphatic rings. The molecule has 0 spiro atoms. The van der Waals surface area contributed by atoms with Gasteiger partial charge in [-0.2, -0.15) is 0 Å². The van der Waals surface area contributed by atoms with Crippen LogP contribution in [-0.2, 0) is 9.53 Å². The summed E-state index contributed by atoms with van der Waals surface area (Å²) in [5.74, 6) is 0.439. The van der Waals surface area contributed by atoms with E-state index in [4.69, 9.17) is 9.72 Å². The third-order valence-electron chi connectivity index (χ3n) is 6.37. The molecule has 0 unspecified atom stereocenters. The van der Waals surface area contributed by atoms with E-state index in [0.717, 1.165) is 42.3 Å². The third kappa shape index (κ3) is 5.19. The van der Waals surface area contributed by atoms with Crippen molar-refractivity contribution in [1.29, 1.82) is 0 Å². The van der Waals surface area contributed by atoms with Crippen molar-refractivity contribution in [2.75, 3.05) is 37.7 Å². The van der Waals surface area contributed by atoms with Crippen molar-refractivity contribution in [3.05, 3.63) is 29.0 Å². The lowest BCUT2D eigenvalue weighted by molar-refractivity contribution is -0.136. The molecule has 0 saturated carbocycles. The van der Waals surface area contributed by atoms with Crippen molar-refractivity contribution in [2.45, 2.75) is 60.3 Å². The molecule has 0 bridgehead atoms. The minimum atomic E-state index is -0.459. The van der Waals surface area contributed by atoms with Crippen molar-refractivity contribution in [3.8, 4) is 0 Å². The number of unbranched alkanes of at least 4 members (excludes halogenated alkanes) is 1. The Bertz CT molecular complexity index is 967. The van der Waals surface area contributed by atoms with Gasteiger partial charge >= 0.3 is 5.97 Å². The molecule has 1 aromatic carbocycles. The standard InChI is InChI=1S/C25H36N4O3/c1-6-9-10-19(7-2)24(30)29-13-11-28(12-14-29)23-22(25(31)32-8-3)26-20-15-17(4)18(5)16-21(20)27-23/h15-16,19H,6-14H2,1-5H3/t19-/m1/s1. The second-order valence-corrected chi connectivity index (χ2v) is 8.60. The Labute approximate surface area is 191 Å². The molecule has 7 nitrogen and oxygen atoms in total. The van der Waals surface area contributed by atoms with Crippen LogP contribution in [0.4, 0.5) is 5.82 Å². The summed E-state index contributed by atoms with van der Waals surface area (Å²) >= 11 is 0.